The number of rotatable bonds is 7. The van der Waals surface area contributed by atoms with E-state index < -0.39 is 29.6 Å². The summed E-state index contributed by atoms with van der Waals surface area (Å²) in [5.41, 5.74) is 1.65. The van der Waals surface area contributed by atoms with E-state index in [1.807, 2.05) is 30.3 Å². The summed E-state index contributed by atoms with van der Waals surface area (Å²) in [6.45, 7) is -0.653. The summed E-state index contributed by atoms with van der Waals surface area (Å²) in [4.78, 5) is 38.2. The molecule has 1 unspecified atom stereocenters. The first-order valence-electron chi connectivity index (χ1n) is 8.91. The molecule has 29 heavy (non-hydrogen) atoms. The Morgan fingerprint density at radius 3 is 2.62 bits per heavy atom. The molecule has 0 spiro atoms. The number of imide groups is 1. The van der Waals surface area contributed by atoms with Crippen molar-refractivity contribution in [2.45, 2.75) is 12.5 Å². The third-order valence-corrected chi connectivity index (χ3v) is 5.37. The zero-order chi connectivity index (χ0) is 20.8. The SMILES string of the molecule is O=C(CN1C(=O)S/C(=C\c2cccc(Cl)c2)C1=O)NC(CO)Cc1ccccc1. The second kappa shape index (κ2) is 9.73. The molecule has 0 saturated carbocycles. The summed E-state index contributed by atoms with van der Waals surface area (Å²) in [5.74, 6) is -1.04. The number of carbonyl (C=O) groups excluding carboxylic acids is 3. The molecule has 0 bridgehead atoms. The van der Waals surface area contributed by atoms with Crippen LogP contribution < -0.4 is 5.32 Å². The van der Waals surface area contributed by atoms with Crippen molar-refractivity contribution in [1.82, 2.24) is 10.2 Å². The molecule has 8 heteroatoms. The molecule has 6 nitrogen and oxygen atoms in total. The molecule has 3 amide bonds. The van der Waals surface area contributed by atoms with Gasteiger partial charge in [-0.3, -0.25) is 19.3 Å². The van der Waals surface area contributed by atoms with E-state index in [2.05, 4.69) is 5.32 Å². The van der Waals surface area contributed by atoms with Gasteiger partial charge in [-0.15, -0.1) is 0 Å². The highest BCUT2D eigenvalue weighted by Crippen LogP contribution is 2.32. The Balaban J connectivity index is 1.62. The molecule has 1 aliphatic rings. The van der Waals surface area contributed by atoms with Crippen molar-refractivity contribution in [2.24, 2.45) is 0 Å². The lowest BCUT2D eigenvalue weighted by Gasteiger charge is -2.18. The van der Waals surface area contributed by atoms with Gasteiger partial charge in [-0.25, -0.2) is 0 Å². The summed E-state index contributed by atoms with van der Waals surface area (Å²) in [6.07, 6.45) is 2.01. The Kier molecular flexibility index (Phi) is 7.09. The molecule has 1 atom stereocenters. The van der Waals surface area contributed by atoms with Crippen LogP contribution >= 0.6 is 23.4 Å². The topological polar surface area (TPSA) is 86.7 Å². The van der Waals surface area contributed by atoms with Gasteiger partial charge in [0.1, 0.15) is 6.54 Å². The van der Waals surface area contributed by atoms with Gasteiger partial charge >= 0.3 is 0 Å². The molecule has 2 aromatic carbocycles. The van der Waals surface area contributed by atoms with E-state index in [0.717, 1.165) is 22.2 Å². The van der Waals surface area contributed by atoms with Gasteiger partial charge in [-0.05, 0) is 47.5 Å². The minimum absolute atomic E-state index is 0.230. The van der Waals surface area contributed by atoms with Crippen molar-refractivity contribution in [3.63, 3.8) is 0 Å². The van der Waals surface area contributed by atoms with Crippen molar-refractivity contribution < 1.29 is 19.5 Å². The van der Waals surface area contributed by atoms with Gasteiger partial charge in [0.05, 0.1) is 17.6 Å². The van der Waals surface area contributed by atoms with Crippen LogP contribution in [0.15, 0.2) is 59.5 Å². The maximum atomic E-state index is 12.5. The lowest BCUT2D eigenvalue weighted by molar-refractivity contribution is -0.129. The fraction of sp³-hybridized carbons (Fsp3) is 0.190. The highest BCUT2D eigenvalue weighted by atomic mass is 35.5. The van der Waals surface area contributed by atoms with E-state index in [1.165, 1.54) is 0 Å². The predicted octanol–water partition coefficient (Wildman–Crippen LogP) is 3.10. The third kappa shape index (κ3) is 5.69. The number of nitrogens with one attached hydrogen (secondary N) is 1. The Morgan fingerprint density at radius 2 is 1.93 bits per heavy atom. The number of amides is 3. The van der Waals surface area contributed by atoms with Crippen LogP contribution in [-0.2, 0) is 16.0 Å². The number of aliphatic hydroxyl groups is 1. The number of hydrogen-bond acceptors (Lipinski definition) is 5. The second-order valence-electron chi connectivity index (χ2n) is 6.46. The lowest BCUT2D eigenvalue weighted by atomic mass is 10.1. The second-order valence-corrected chi connectivity index (χ2v) is 7.89. The number of halogens is 1. The fourth-order valence-electron chi connectivity index (χ4n) is 2.86. The van der Waals surface area contributed by atoms with E-state index >= 15 is 0 Å². The van der Waals surface area contributed by atoms with E-state index in [0.29, 0.717) is 17.0 Å². The van der Waals surface area contributed by atoms with Crippen molar-refractivity contribution >= 4 is 46.5 Å². The number of nitrogens with zero attached hydrogens (tertiary/aromatic N) is 1. The average Bonchev–Trinajstić information content (AvgIpc) is 2.95. The first-order valence-corrected chi connectivity index (χ1v) is 10.1. The van der Waals surface area contributed by atoms with Crippen molar-refractivity contribution in [3.05, 3.63) is 75.7 Å². The van der Waals surface area contributed by atoms with Crippen LogP contribution in [0.3, 0.4) is 0 Å². The van der Waals surface area contributed by atoms with Crippen LogP contribution in [0.1, 0.15) is 11.1 Å². The molecule has 1 heterocycles. The lowest BCUT2D eigenvalue weighted by Crippen LogP contribution is -2.45. The summed E-state index contributed by atoms with van der Waals surface area (Å²) in [5, 5.41) is 12.2. The molecule has 150 valence electrons. The fourth-order valence-corrected chi connectivity index (χ4v) is 3.90. The number of thioether (sulfide) groups is 1. The summed E-state index contributed by atoms with van der Waals surface area (Å²) >= 11 is 6.72. The van der Waals surface area contributed by atoms with Crippen molar-refractivity contribution in [3.8, 4) is 0 Å². The average molecular weight is 431 g/mol. The number of benzene rings is 2. The van der Waals surface area contributed by atoms with Gasteiger partial charge in [0.25, 0.3) is 11.1 Å². The molecular weight excluding hydrogens is 412 g/mol. The number of hydrogen-bond donors (Lipinski definition) is 2. The molecular formula is C21H19ClN2O4S. The van der Waals surface area contributed by atoms with Gasteiger partial charge in [0.2, 0.25) is 5.91 Å². The maximum Gasteiger partial charge on any atom is 0.294 e. The molecule has 2 aromatic rings. The first kappa shape index (κ1) is 21.1. The van der Waals surface area contributed by atoms with Crippen molar-refractivity contribution in [1.29, 1.82) is 0 Å². The zero-order valence-electron chi connectivity index (χ0n) is 15.4. The molecule has 2 N–H and O–H groups in total. The molecule has 3 rings (SSSR count). The monoisotopic (exact) mass is 430 g/mol. The maximum absolute atomic E-state index is 12.5. The van der Waals surface area contributed by atoms with Gasteiger partial charge < -0.3 is 10.4 Å². The van der Waals surface area contributed by atoms with Crippen LogP contribution in [0.5, 0.6) is 0 Å². The summed E-state index contributed by atoms with van der Waals surface area (Å²) in [6, 6.07) is 15.8. The first-order chi connectivity index (χ1) is 14.0. The van der Waals surface area contributed by atoms with Gasteiger partial charge in [-0.2, -0.15) is 0 Å². The third-order valence-electron chi connectivity index (χ3n) is 4.23. The van der Waals surface area contributed by atoms with Crippen LogP contribution in [0.25, 0.3) is 6.08 Å². The zero-order valence-corrected chi connectivity index (χ0v) is 16.9. The largest absolute Gasteiger partial charge is 0.394 e. The van der Waals surface area contributed by atoms with Gasteiger partial charge in [0, 0.05) is 5.02 Å². The Hall–Kier alpha value is -2.61. The normalized spacial score (nSPS) is 16.3. The van der Waals surface area contributed by atoms with Crippen LogP contribution in [0.4, 0.5) is 4.79 Å². The molecule has 0 aromatic heterocycles. The van der Waals surface area contributed by atoms with E-state index in [-0.39, 0.29) is 11.5 Å². The smallest absolute Gasteiger partial charge is 0.294 e. The predicted molar refractivity (Wildman–Crippen MR) is 113 cm³/mol. The molecule has 1 saturated heterocycles. The van der Waals surface area contributed by atoms with Crippen LogP contribution in [-0.4, -0.2) is 46.3 Å². The minimum atomic E-state index is -0.529. The van der Waals surface area contributed by atoms with Gasteiger partial charge in [0.15, 0.2) is 0 Å². The molecule has 1 fully saturated rings. The highest BCUT2D eigenvalue weighted by Gasteiger charge is 2.36. The standard InChI is InChI=1S/C21H19ClN2O4S/c22-16-8-4-7-15(9-16)11-18-20(27)24(21(28)29-18)12-19(26)23-17(13-25)10-14-5-2-1-3-6-14/h1-9,11,17,25H,10,12-13H2,(H,23,26)/b18-11-. The van der Waals surface area contributed by atoms with E-state index in [9.17, 15) is 19.5 Å². The van der Waals surface area contributed by atoms with E-state index in [4.69, 9.17) is 11.6 Å². The summed E-state index contributed by atoms with van der Waals surface area (Å²) < 4.78 is 0. The highest BCUT2D eigenvalue weighted by molar-refractivity contribution is 8.18. The Bertz CT molecular complexity index is 949. The van der Waals surface area contributed by atoms with Crippen LogP contribution in [0, 0.1) is 0 Å². The van der Waals surface area contributed by atoms with E-state index in [1.54, 1.807) is 30.3 Å². The minimum Gasteiger partial charge on any atom is -0.394 e. The van der Waals surface area contributed by atoms with Crippen LogP contribution in [0.2, 0.25) is 5.02 Å². The number of carbonyl (C=O) groups is 3. The molecule has 1 aliphatic heterocycles. The molecule has 0 aliphatic carbocycles. The van der Waals surface area contributed by atoms with Crippen molar-refractivity contribution in [2.75, 3.05) is 13.2 Å². The summed E-state index contributed by atoms with van der Waals surface area (Å²) in [7, 11) is 0. The quantitative estimate of drug-likeness (QED) is 0.659. The Labute approximate surface area is 177 Å². The van der Waals surface area contributed by atoms with Gasteiger partial charge in [-0.1, -0.05) is 54.1 Å². The number of aliphatic hydroxyl groups excluding tert-OH is 1. The molecule has 0 radical (unpaired) electrons. The Morgan fingerprint density at radius 1 is 1.17 bits per heavy atom.